The van der Waals surface area contributed by atoms with Crippen molar-refractivity contribution in [3.05, 3.63) is 24.5 Å². The largest absolute Gasteiger partial charge is 0.756 e. The minimum atomic E-state index is -4.53. The zero-order chi connectivity index (χ0) is 37.0. The molecule has 0 fully saturated rings. The highest BCUT2D eigenvalue weighted by molar-refractivity contribution is 7.45. The molecule has 0 aliphatic carbocycles. The SMILES string of the molecule is CCCCCCC/C=C/CCCCCCCC(=O)O[C@H](CO/C=C/CCCCCCCCCCCCCC)COP(=O)([O-])OCC[N+](C)(C)C. The number of nitrogens with zero attached hydrogens (tertiary/aromatic N) is 1. The van der Waals surface area contributed by atoms with Gasteiger partial charge in [-0.05, 0) is 51.0 Å². The molecule has 0 aliphatic heterocycles. The van der Waals surface area contributed by atoms with Crippen LogP contribution in [0.25, 0.3) is 0 Å². The van der Waals surface area contributed by atoms with Crippen LogP contribution in [0.4, 0.5) is 0 Å². The Labute approximate surface area is 309 Å². The molecular formula is C41H80NO7P. The molecule has 0 N–H and O–H groups in total. The second kappa shape index (κ2) is 34.9. The fraction of sp³-hybridized carbons (Fsp3) is 0.878. The molecule has 0 saturated carbocycles. The fourth-order valence-corrected chi connectivity index (χ4v) is 6.29. The number of carbonyl (C=O) groups is 1. The third-order valence-electron chi connectivity index (χ3n) is 8.82. The van der Waals surface area contributed by atoms with E-state index in [2.05, 4.69) is 26.0 Å². The Morgan fingerprint density at radius 3 is 1.54 bits per heavy atom. The van der Waals surface area contributed by atoms with Crippen LogP contribution in [0, 0.1) is 0 Å². The van der Waals surface area contributed by atoms with Gasteiger partial charge in [0.25, 0.3) is 7.82 Å². The molecule has 1 unspecified atom stereocenters. The molecule has 0 aromatic carbocycles. The number of ether oxygens (including phenoxy) is 2. The Kier molecular flexibility index (Phi) is 34.1. The van der Waals surface area contributed by atoms with Crippen molar-refractivity contribution in [1.29, 1.82) is 0 Å². The number of rotatable bonds is 38. The van der Waals surface area contributed by atoms with E-state index in [9.17, 15) is 14.3 Å². The standard InChI is InChI=1S/C41H80NO7P/c1-6-8-10-12-14-16-18-20-22-24-26-28-30-32-34-41(43)49-40(39-48-50(44,45)47-37-35-42(3,4)5)38-46-36-33-31-29-27-25-23-21-19-17-15-13-11-9-7-2/h18,20,33,36,40H,6-17,19,21-32,34-35,37-39H2,1-5H3/b20-18+,36-33+/t40-/m1/s1. The lowest BCUT2D eigenvalue weighted by Gasteiger charge is -2.28. The van der Waals surface area contributed by atoms with E-state index in [-0.39, 0.29) is 32.2 Å². The van der Waals surface area contributed by atoms with E-state index in [0.29, 0.717) is 11.0 Å². The molecule has 0 aromatic rings. The van der Waals surface area contributed by atoms with E-state index >= 15 is 0 Å². The summed E-state index contributed by atoms with van der Waals surface area (Å²) in [7, 11) is 1.32. The van der Waals surface area contributed by atoms with E-state index in [1.807, 2.05) is 27.2 Å². The van der Waals surface area contributed by atoms with Crippen molar-refractivity contribution >= 4 is 13.8 Å². The number of carbonyl (C=O) groups excluding carboxylic acids is 1. The van der Waals surface area contributed by atoms with E-state index in [4.69, 9.17) is 18.5 Å². The number of likely N-dealkylation sites (N-methyl/N-ethyl adjacent to an activating group) is 1. The van der Waals surface area contributed by atoms with E-state index in [1.165, 1.54) is 116 Å². The molecule has 296 valence electrons. The molecule has 0 spiro atoms. The van der Waals surface area contributed by atoms with Crippen molar-refractivity contribution in [2.24, 2.45) is 0 Å². The van der Waals surface area contributed by atoms with Gasteiger partial charge in [0.05, 0.1) is 34.0 Å². The van der Waals surface area contributed by atoms with Gasteiger partial charge in [-0.15, -0.1) is 0 Å². The molecule has 0 aromatic heterocycles. The summed E-state index contributed by atoms with van der Waals surface area (Å²) < 4.78 is 34.2. The van der Waals surface area contributed by atoms with E-state index in [1.54, 1.807) is 6.26 Å². The monoisotopic (exact) mass is 730 g/mol. The average molecular weight is 730 g/mol. The fourth-order valence-electron chi connectivity index (χ4n) is 5.56. The van der Waals surface area contributed by atoms with Crippen molar-refractivity contribution in [2.45, 2.75) is 187 Å². The summed E-state index contributed by atoms with van der Waals surface area (Å²) in [5.74, 6) is -0.365. The van der Waals surface area contributed by atoms with Crippen LogP contribution >= 0.6 is 7.82 Å². The molecule has 0 rings (SSSR count). The molecule has 8 nitrogen and oxygen atoms in total. The third-order valence-corrected chi connectivity index (χ3v) is 9.78. The number of quaternary nitrogens is 1. The average Bonchev–Trinajstić information content (AvgIpc) is 3.06. The summed E-state index contributed by atoms with van der Waals surface area (Å²) >= 11 is 0. The van der Waals surface area contributed by atoms with Gasteiger partial charge in [0, 0.05) is 6.42 Å². The van der Waals surface area contributed by atoms with Crippen molar-refractivity contribution in [3.8, 4) is 0 Å². The van der Waals surface area contributed by atoms with Gasteiger partial charge in [0.15, 0.2) is 6.10 Å². The molecule has 50 heavy (non-hydrogen) atoms. The maximum atomic E-state index is 12.6. The molecule has 0 amide bonds. The van der Waals surface area contributed by atoms with Crippen LogP contribution in [-0.2, 0) is 27.9 Å². The lowest BCUT2D eigenvalue weighted by Crippen LogP contribution is -2.37. The van der Waals surface area contributed by atoms with E-state index < -0.39 is 13.9 Å². The van der Waals surface area contributed by atoms with Crippen molar-refractivity contribution in [2.75, 3.05) is 47.5 Å². The Morgan fingerprint density at radius 2 is 1.06 bits per heavy atom. The molecular weight excluding hydrogens is 649 g/mol. The highest BCUT2D eigenvalue weighted by Gasteiger charge is 2.20. The van der Waals surface area contributed by atoms with Crippen molar-refractivity contribution < 1.29 is 37.3 Å². The normalized spacial score (nSPS) is 14.0. The van der Waals surface area contributed by atoms with Crippen LogP contribution in [0.5, 0.6) is 0 Å². The van der Waals surface area contributed by atoms with Crippen LogP contribution in [0.15, 0.2) is 24.5 Å². The first-order valence-electron chi connectivity index (χ1n) is 20.6. The predicted octanol–water partition coefficient (Wildman–Crippen LogP) is 11.4. The van der Waals surface area contributed by atoms with Gasteiger partial charge < -0.3 is 27.9 Å². The molecule has 2 atom stereocenters. The lowest BCUT2D eigenvalue weighted by atomic mass is 10.0. The third kappa shape index (κ3) is 38.1. The Hall–Kier alpha value is -1.18. The summed E-state index contributed by atoms with van der Waals surface area (Å²) in [6.45, 7) is 4.72. The van der Waals surface area contributed by atoms with Crippen molar-refractivity contribution in [3.63, 3.8) is 0 Å². The first-order valence-corrected chi connectivity index (χ1v) is 22.1. The van der Waals surface area contributed by atoms with Gasteiger partial charge in [-0.1, -0.05) is 142 Å². The summed E-state index contributed by atoms with van der Waals surface area (Å²) in [5, 5.41) is 0. The number of esters is 1. The second-order valence-corrected chi connectivity index (χ2v) is 16.5. The number of hydrogen-bond acceptors (Lipinski definition) is 7. The molecule has 0 radical (unpaired) electrons. The van der Waals surface area contributed by atoms with Gasteiger partial charge in [0.1, 0.15) is 19.8 Å². The number of phosphoric acid groups is 1. The van der Waals surface area contributed by atoms with Crippen LogP contribution in [0.3, 0.4) is 0 Å². The lowest BCUT2D eigenvalue weighted by molar-refractivity contribution is -0.870. The maximum absolute atomic E-state index is 12.6. The minimum absolute atomic E-state index is 0.0164. The minimum Gasteiger partial charge on any atom is -0.756 e. The number of allylic oxidation sites excluding steroid dienone is 3. The van der Waals surface area contributed by atoms with E-state index in [0.717, 1.165) is 44.9 Å². The van der Waals surface area contributed by atoms with Crippen LogP contribution in [0.2, 0.25) is 0 Å². The first-order chi connectivity index (χ1) is 24.1. The van der Waals surface area contributed by atoms with Gasteiger partial charge in [0.2, 0.25) is 0 Å². The molecule has 9 heteroatoms. The summed E-state index contributed by atoms with van der Waals surface area (Å²) in [6.07, 6.45) is 38.5. The molecule has 0 heterocycles. The molecule has 0 saturated heterocycles. The topological polar surface area (TPSA) is 94.1 Å². The first kappa shape index (κ1) is 48.8. The zero-order valence-corrected chi connectivity index (χ0v) is 34.2. The van der Waals surface area contributed by atoms with Gasteiger partial charge in [-0.3, -0.25) is 9.36 Å². The zero-order valence-electron chi connectivity index (χ0n) is 33.4. The van der Waals surface area contributed by atoms with Crippen molar-refractivity contribution in [1.82, 2.24) is 0 Å². The molecule has 0 aliphatic rings. The van der Waals surface area contributed by atoms with Crippen LogP contribution < -0.4 is 4.89 Å². The van der Waals surface area contributed by atoms with Gasteiger partial charge >= 0.3 is 5.97 Å². The highest BCUT2D eigenvalue weighted by atomic mass is 31.2. The Balaban J connectivity index is 4.33. The van der Waals surface area contributed by atoms with Gasteiger partial charge in [-0.2, -0.15) is 0 Å². The van der Waals surface area contributed by atoms with Crippen LogP contribution in [-0.4, -0.2) is 64.1 Å². The number of unbranched alkanes of at least 4 members (excludes halogenated alkanes) is 22. The highest BCUT2D eigenvalue weighted by Crippen LogP contribution is 2.38. The smallest absolute Gasteiger partial charge is 0.306 e. The number of phosphoric ester groups is 1. The predicted molar refractivity (Wildman–Crippen MR) is 208 cm³/mol. The summed E-state index contributed by atoms with van der Waals surface area (Å²) in [4.78, 5) is 24.9. The van der Waals surface area contributed by atoms with Gasteiger partial charge in [-0.25, -0.2) is 0 Å². The summed E-state index contributed by atoms with van der Waals surface area (Å²) in [6, 6.07) is 0. The quantitative estimate of drug-likeness (QED) is 0.0156. The summed E-state index contributed by atoms with van der Waals surface area (Å²) in [5.41, 5.74) is 0. The maximum Gasteiger partial charge on any atom is 0.306 e. The molecule has 0 bridgehead atoms. The number of hydrogen-bond donors (Lipinski definition) is 0. The Morgan fingerprint density at radius 1 is 0.620 bits per heavy atom. The Bertz CT molecular complexity index is 858. The second-order valence-electron chi connectivity index (χ2n) is 15.1. The van der Waals surface area contributed by atoms with Crippen LogP contribution in [0.1, 0.15) is 181 Å².